The van der Waals surface area contributed by atoms with Gasteiger partial charge >= 0.3 is 0 Å². The van der Waals surface area contributed by atoms with Crippen molar-refractivity contribution in [3.8, 4) is 0 Å². The summed E-state index contributed by atoms with van der Waals surface area (Å²) in [5.41, 5.74) is 13.6. The molecule has 5 heterocycles. The van der Waals surface area contributed by atoms with Gasteiger partial charge in [-0.05, 0) is 200 Å². The molecule has 4 aromatic heterocycles. The molecule has 15 heteroatoms. The van der Waals surface area contributed by atoms with Gasteiger partial charge < -0.3 is 30.7 Å². The number of nitrogens with one attached hydrogen (secondary N) is 3. The molecule has 1 saturated heterocycles. The number of rotatable bonds is 18. The van der Waals surface area contributed by atoms with Crippen LogP contribution in [-0.4, -0.2) is 78.6 Å². The number of anilines is 2. The van der Waals surface area contributed by atoms with Gasteiger partial charge in [-0.3, -0.25) is 9.59 Å². The first kappa shape index (κ1) is 56.5. The Balaban J connectivity index is 0.000000265. The number of nitrogen functional groups attached to an aromatic ring is 1. The Kier molecular flexibility index (Phi) is 27.0. The number of nitrogens with zero attached hydrogens (tertiary/aromatic N) is 3. The smallest absolute Gasteiger partial charge is 0.247 e. The quantitative estimate of drug-likeness (QED) is 0.0286. The number of benzene rings is 2. The highest BCUT2D eigenvalue weighted by Gasteiger charge is 2.10. The van der Waals surface area contributed by atoms with E-state index in [9.17, 15) is 9.59 Å². The number of aromatic nitrogens is 4. The third-order valence-corrected chi connectivity index (χ3v) is 12.4. The fourth-order valence-electron chi connectivity index (χ4n) is 6.82. The van der Waals surface area contributed by atoms with Crippen molar-refractivity contribution in [2.75, 3.05) is 43.9 Å². The number of thiocarbonyl (C=S) groups is 2. The number of carbonyl (C=O) groups is 2. The molecule has 1 aliphatic rings. The highest BCUT2D eigenvalue weighted by Crippen LogP contribution is 2.24. The van der Waals surface area contributed by atoms with Crippen molar-refractivity contribution >= 4 is 114 Å². The number of fused-ring (bicyclic) bond motifs is 2. The summed E-state index contributed by atoms with van der Waals surface area (Å²) < 4.78 is 4.94. The highest BCUT2D eigenvalue weighted by atomic mass is 35.5. The zero-order valence-electron chi connectivity index (χ0n) is 38.9. The lowest BCUT2D eigenvalue weighted by atomic mass is 10.0. The monoisotopic (exact) mass is 1000 g/mol. The van der Waals surface area contributed by atoms with Gasteiger partial charge in [-0.2, -0.15) is 0 Å². The minimum atomic E-state index is -0.509. The molecule has 10 nitrogen and oxygen atoms in total. The second-order valence-electron chi connectivity index (χ2n) is 15.3. The summed E-state index contributed by atoms with van der Waals surface area (Å²) in [4.78, 5) is 40.2. The first-order valence-electron chi connectivity index (χ1n) is 22.5. The van der Waals surface area contributed by atoms with Gasteiger partial charge in [0.1, 0.15) is 11.3 Å². The predicted molar refractivity (Wildman–Crippen MR) is 291 cm³/mol. The summed E-state index contributed by atoms with van der Waals surface area (Å²) in [7, 11) is 0. The molecule has 0 unspecified atom stereocenters. The molecule has 1 fully saturated rings. The molecule has 0 aliphatic carbocycles. The first-order valence-corrected chi connectivity index (χ1v) is 24.5. The number of nitrogens with two attached hydrogens (primary N) is 1. The Hall–Kier alpha value is -4.79. The lowest BCUT2D eigenvalue weighted by Gasteiger charge is -2.13. The minimum absolute atomic E-state index is 0.243. The topological polar surface area (TPSA) is 142 Å². The Morgan fingerprint density at radius 3 is 1.57 bits per heavy atom. The van der Waals surface area contributed by atoms with Crippen LogP contribution in [0, 0.1) is 0 Å². The minimum Gasteiger partial charge on any atom is -0.399 e. The third kappa shape index (κ3) is 21.4. The van der Waals surface area contributed by atoms with Crippen molar-refractivity contribution in [3.63, 3.8) is 0 Å². The molecule has 0 atom stereocenters. The van der Waals surface area contributed by atoms with Crippen LogP contribution in [-0.2, 0) is 40.0 Å². The molecular formula is C52H64Cl3N7O3S2. The Bertz CT molecular complexity index is 2490. The maximum atomic E-state index is 11.4. The fourth-order valence-corrected chi connectivity index (χ4v) is 7.66. The molecule has 0 saturated carbocycles. The van der Waals surface area contributed by atoms with Crippen molar-refractivity contribution in [2.45, 2.75) is 85.0 Å². The van der Waals surface area contributed by atoms with Gasteiger partial charge in [-0.25, -0.2) is 9.97 Å². The largest absolute Gasteiger partial charge is 0.399 e. The lowest BCUT2D eigenvalue weighted by molar-refractivity contribution is -0.112. The fraction of sp³-hybridized carbons (Fsp3) is 0.346. The number of ether oxygens (including phenoxy) is 1. The van der Waals surface area contributed by atoms with Crippen LogP contribution in [0.3, 0.4) is 0 Å². The summed E-state index contributed by atoms with van der Waals surface area (Å²) in [6, 6.07) is 19.3. The van der Waals surface area contributed by atoms with E-state index in [0.717, 1.165) is 119 Å². The SMILES string of the molecule is C1CCOC1.C=CC(=O)Cl.C=CC(=O)Nc1ccc(Cl)c(CCC(=S)CCc2ccnc3[nH]ccc23)c1.CCN(CC)CC.Nc1ccc(Cl)c(CCC(=S)CCc2ccnc3[nH]ccc23)c1. The Labute approximate surface area is 422 Å². The van der Waals surface area contributed by atoms with Gasteiger partial charge in [0.2, 0.25) is 11.1 Å². The average molecular weight is 1010 g/mol. The number of amides is 1. The van der Waals surface area contributed by atoms with E-state index in [4.69, 9.17) is 69.7 Å². The van der Waals surface area contributed by atoms with Crippen LogP contribution in [0.2, 0.25) is 10.0 Å². The van der Waals surface area contributed by atoms with Gasteiger partial charge in [-0.15, -0.1) is 0 Å². The number of hydrogen-bond donors (Lipinski definition) is 4. The van der Waals surface area contributed by atoms with E-state index in [0.29, 0.717) is 10.7 Å². The van der Waals surface area contributed by atoms with Crippen LogP contribution in [0.5, 0.6) is 0 Å². The van der Waals surface area contributed by atoms with Crippen LogP contribution >= 0.6 is 59.2 Å². The van der Waals surface area contributed by atoms with Crippen molar-refractivity contribution in [3.05, 3.63) is 143 Å². The zero-order valence-corrected chi connectivity index (χ0v) is 42.8. The maximum absolute atomic E-state index is 11.4. The van der Waals surface area contributed by atoms with Crippen molar-refractivity contribution < 1.29 is 14.3 Å². The van der Waals surface area contributed by atoms with E-state index in [1.165, 1.54) is 55.1 Å². The lowest BCUT2D eigenvalue weighted by Crippen LogP contribution is -2.21. The molecule has 5 N–H and O–H groups in total. The first-order chi connectivity index (χ1) is 32.3. The summed E-state index contributed by atoms with van der Waals surface area (Å²) in [5, 5.41) is 6.00. The maximum Gasteiger partial charge on any atom is 0.247 e. The van der Waals surface area contributed by atoms with Crippen molar-refractivity contribution in [2.24, 2.45) is 0 Å². The summed E-state index contributed by atoms with van der Waals surface area (Å²) in [6.07, 6.45) is 19.1. The number of carbonyl (C=O) groups excluding carboxylic acids is 2. The molecular weight excluding hydrogens is 941 g/mol. The summed E-state index contributed by atoms with van der Waals surface area (Å²) in [6.45, 7) is 18.7. The highest BCUT2D eigenvalue weighted by molar-refractivity contribution is 7.80. The van der Waals surface area contributed by atoms with E-state index >= 15 is 0 Å². The van der Waals surface area contributed by atoms with E-state index < -0.39 is 5.24 Å². The summed E-state index contributed by atoms with van der Waals surface area (Å²) in [5.74, 6) is -0.243. The number of aromatic amines is 2. The van der Waals surface area contributed by atoms with Gasteiger partial charge in [-0.1, -0.05) is 81.6 Å². The van der Waals surface area contributed by atoms with Gasteiger partial charge in [0.05, 0.1) is 0 Å². The van der Waals surface area contributed by atoms with Gasteiger partial charge in [0.15, 0.2) is 0 Å². The number of halogens is 3. The Morgan fingerprint density at radius 2 is 1.16 bits per heavy atom. The van der Waals surface area contributed by atoms with E-state index in [2.05, 4.69) is 76.2 Å². The van der Waals surface area contributed by atoms with Gasteiger partial charge in [0.25, 0.3) is 0 Å². The van der Waals surface area contributed by atoms with Crippen LogP contribution in [0.1, 0.15) is 81.5 Å². The number of H-pyrrole nitrogens is 2. The molecule has 0 radical (unpaired) electrons. The molecule has 67 heavy (non-hydrogen) atoms. The molecule has 1 aliphatic heterocycles. The number of aryl methyl sites for hydroxylation is 4. The summed E-state index contributed by atoms with van der Waals surface area (Å²) >= 11 is 28.3. The zero-order chi connectivity index (χ0) is 49.0. The normalized spacial score (nSPS) is 11.4. The van der Waals surface area contributed by atoms with Crippen molar-refractivity contribution in [1.82, 2.24) is 24.8 Å². The molecule has 358 valence electrons. The Morgan fingerprint density at radius 1 is 0.716 bits per heavy atom. The number of hydrogen-bond acceptors (Lipinski definition) is 9. The van der Waals surface area contributed by atoms with Crippen LogP contribution in [0.4, 0.5) is 11.4 Å². The van der Waals surface area contributed by atoms with Crippen molar-refractivity contribution in [1.29, 1.82) is 0 Å². The number of pyridine rings is 2. The molecule has 0 spiro atoms. The molecule has 7 rings (SSSR count). The van der Waals surface area contributed by atoms with E-state index in [1.54, 1.807) is 12.1 Å². The standard InChI is InChI=1S/C21H20ClN3OS.C18H18ClN3S.C6H15N.C4H8O.C3H3ClO/c1-2-20(26)25-16-5-8-19(22)15(13-16)4-7-17(27)6-3-14-9-11-23-21-18(14)10-12-24-21;19-17-6-3-14(20)11-13(17)2-5-15(23)4-1-12-7-9-21-18-16(12)8-10-22-18;1-4-7(5-2)6-3;1-2-4-5-3-1;1-2-3(4)5/h2,5,8-13H,1,3-4,6-7H2,(H,23,24)(H,25,26);3,6-11H,1-2,4-5,20H2,(H,21,22);4-6H2,1-3H3;1-4H2;2H,1H2. The van der Waals surface area contributed by atoms with E-state index in [1.807, 2.05) is 61.2 Å². The van der Waals surface area contributed by atoms with Gasteiger partial charge in [0, 0.05) is 70.2 Å². The van der Waals surface area contributed by atoms with Crippen LogP contribution in [0.25, 0.3) is 22.1 Å². The molecule has 0 bridgehead atoms. The number of allylic oxidation sites excluding steroid dienone is 1. The molecule has 2 aromatic carbocycles. The van der Waals surface area contributed by atoms with Crippen LogP contribution in [0.15, 0.2) is 111 Å². The molecule has 6 aromatic rings. The predicted octanol–water partition coefficient (Wildman–Crippen LogP) is 13.1. The molecule has 1 amide bonds. The van der Waals surface area contributed by atoms with E-state index in [-0.39, 0.29) is 5.91 Å². The second-order valence-corrected chi connectivity index (χ2v) is 17.6. The van der Waals surface area contributed by atoms with Crippen LogP contribution < -0.4 is 11.1 Å². The second kappa shape index (κ2) is 32.0. The average Bonchev–Trinajstić information content (AvgIpc) is 4.17. The third-order valence-electron chi connectivity index (χ3n) is 10.7.